The second-order valence-corrected chi connectivity index (χ2v) is 9.08. The molecule has 1 aromatic carbocycles. The van der Waals surface area contributed by atoms with E-state index < -0.39 is 0 Å². The Labute approximate surface area is 170 Å². The van der Waals surface area contributed by atoms with Crippen molar-refractivity contribution in [3.8, 4) is 0 Å². The van der Waals surface area contributed by atoms with Gasteiger partial charge >= 0.3 is 0 Å². The number of nitrogens with one attached hydrogen (secondary N) is 1. The van der Waals surface area contributed by atoms with Gasteiger partial charge in [-0.05, 0) is 49.9 Å². The molecule has 148 valence electrons. The van der Waals surface area contributed by atoms with E-state index in [-0.39, 0.29) is 11.8 Å². The lowest BCUT2D eigenvalue weighted by atomic mass is 9.88. The van der Waals surface area contributed by atoms with Gasteiger partial charge in [0.15, 0.2) is 0 Å². The van der Waals surface area contributed by atoms with Crippen LogP contribution in [0.3, 0.4) is 0 Å². The number of carbonyl (C=O) groups excluding carboxylic acids is 2. The van der Waals surface area contributed by atoms with E-state index in [9.17, 15) is 9.59 Å². The van der Waals surface area contributed by atoms with E-state index in [2.05, 4.69) is 24.2 Å². The van der Waals surface area contributed by atoms with E-state index in [0.717, 1.165) is 61.6 Å². The van der Waals surface area contributed by atoms with Crippen LogP contribution in [0.25, 0.3) is 0 Å². The Morgan fingerprint density at radius 3 is 2.54 bits per heavy atom. The molecule has 1 fully saturated rings. The maximum atomic E-state index is 13.4. The molecule has 2 aromatic rings. The zero-order valence-electron chi connectivity index (χ0n) is 16.5. The van der Waals surface area contributed by atoms with Gasteiger partial charge in [-0.25, -0.2) is 0 Å². The molecule has 1 saturated heterocycles. The summed E-state index contributed by atoms with van der Waals surface area (Å²) in [5.41, 5.74) is 2.51. The zero-order valence-corrected chi connectivity index (χ0v) is 17.3. The summed E-state index contributed by atoms with van der Waals surface area (Å²) < 4.78 is 0. The maximum Gasteiger partial charge on any atom is 0.257 e. The molecule has 1 aliphatic carbocycles. The summed E-state index contributed by atoms with van der Waals surface area (Å²) in [6, 6.07) is 9.20. The molecule has 2 aliphatic rings. The summed E-state index contributed by atoms with van der Waals surface area (Å²) in [6.45, 7) is 5.51. The smallest absolute Gasteiger partial charge is 0.257 e. The number of likely N-dealkylation sites (N-methyl/N-ethyl adjacent to an activating group) is 1. The summed E-state index contributed by atoms with van der Waals surface area (Å²) in [5, 5.41) is 3.77. The Kier molecular flexibility index (Phi) is 5.51. The Hall–Kier alpha value is -2.18. The molecule has 0 bridgehead atoms. The van der Waals surface area contributed by atoms with Gasteiger partial charge in [0.2, 0.25) is 0 Å². The van der Waals surface area contributed by atoms with Crippen LogP contribution in [0, 0.1) is 5.92 Å². The molecule has 6 heteroatoms. The van der Waals surface area contributed by atoms with E-state index in [4.69, 9.17) is 0 Å². The first kappa shape index (κ1) is 19.2. The highest BCUT2D eigenvalue weighted by Crippen LogP contribution is 2.40. The average Bonchev–Trinajstić information content (AvgIpc) is 3.05. The van der Waals surface area contributed by atoms with Gasteiger partial charge in [0.05, 0.1) is 5.56 Å². The lowest BCUT2D eigenvalue weighted by Gasteiger charge is -2.33. The standard InChI is InChI=1S/C22H27N3O2S/c1-15-8-9-17-18(14-15)28-21(23-20(26)16-6-4-3-5-7-16)19(17)22(27)25-12-10-24(2)11-13-25/h3-7,15H,8-14H2,1-2H3,(H,23,26)/t15-/m1/s1. The van der Waals surface area contributed by atoms with Crippen LogP contribution in [0.2, 0.25) is 0 Å². The van der Waals surface area contributed by atoms with Crippen molar-refractivity contribution in [1.82, 2.24) is 9.80 Å². The molecule has 1 atom stereocenters. The van der Waals surface area contributed by atoms with Crippen LogP contribution >= 0.6 is 11.3 Å². The van der Waals surface area contributed by atoms with Gasteiger partial charge in [-0.3, -0.25) is 9.59 Å². The Bertz CT molecular complexity index is 869. The predicted octanol–water partition coefficient (Wildman–Crippen LogP) is 3.51. The molecule has 5 nitrogen and oxygen atoms in total. The molecular weight excluding hydrogens is 370 g/mol. The minimum absolute atomic E-state index is 0.0727. The van der Waals surface area contributed by atoms with E-state index in [1.807, 2.05) is 23.1 Å². The number of benzene rings is 1. The average molecular weight is 398 g/mol. The first-order valence-corrected chi connectivity index (χ1v) is 10.8. The van der Waals surface area contributed by atoms with Crippen molar-refractivity contribution in [2.24, 2.45) is 5.92 Å². The van der Waals surface area contributed by atoms with Crippen molar-refractivity contribution in [1.29, 1.82) is 0 Å². The molecule has 28 heavy (non-hydrogen) atoms. The van der Waals surface area contributed by atoms with Gasteiger partial charge in [-0.1, -0.05) is 25.1 Å². The highest BCUT2D eigenvalue weighted by atomic mass is 32.1. The third-order valence-corrected chi connectivity index (χ3v) is 6.95. The third kappa shape index (κ3) is 3.84. The molecule has 4 rings (SSSR count). The minimum atomic E-state index is -0.153. The molecular formula is C22H27N3O2S. The number of carbonyl (C=O) groups is 2. The molecule has 0 unspecified atom stereocenters. The van der Waals surface area contributed by atoms with Crippen molar-refractivity contribution in [2.75, 3.05) is 38.5 Å². The van der Waals surface area contributed by atoms with E-state index in [1.54, 1.807) is 23.5 Å². The molecule has 1 N–H and O–H groups in total. The molecule has 0 saturated carbocycles. The predicted molar refractivity (Wildman–Crippen MR) is 113 cm³/mol. The monoisotopic (exact) mass is 397 g/mol. The van der Waals surface area contributed by atoms with Gasteiger partial charge in [-0.2, -0.15) is 0 Å². The SMILES string of the molecule is C[C@@H]1CCc2c(sc(NC(=O)c3ccccc3)c2C(=O)N2CCN(C)CC2)C1. The third-order valence-electron chi connectivity index (χ3n) is 5.78. The number of anilines is 1. The highest BCUT2D eigenvalue weighted by molar-refractivity contribution is 7.17. The fourth-order valence-corrected chi connectivity index (χ4v) is 5.40. The normalized spacial score (nSPS) is 19.9. The summed E-state index contributed by atoms with van der Waals surface area (Å²) in [6.07, 6.45) is 3.01. The lowest BCUT2D eigenvalue weighted by molar-refractivity contribution is 0.0664. The van der Waals surface area contributed by atoms with Gasteiger partial charge in [0.25, 0.3) is 11.8 Å². The van der Waals surface area contributed by atoms with Crippen molar-refractivity contribution >= 4 is 28.2 Å². The maximum absolute atomic E-state index is 13.4. The van der Waals surface area contributed by atoms with Crippen LogP contribution in [0.1, 0.15) is 44.5 Å². The first-order chi connectivity index (χ1) is 13.5. The summed E-state index contributed by atoms with van der Waals surface area (Å²) in [5.74, 6) is 0.540. The fraction of sp³-hybridized carbons (Fsp3) is 0.455. The number of nitrogens with zero attached hydrogens (tertiary/aromatic N) is 2. The van der Waals surface area contributed by atoms with Crippen molar-refractivity contribution in [3.63, 3.8) is 0 Å². The van der Waals surface area contributed by atoms with Crippen LogP contribution < -0.4 is 5.32 Å². The quantitative estimate of drug-likeness (QED) is 0.862. The van der Waals surface area contributed by atoms with Gasteiger partial charge in [-0.15, -0.1) is 11.3 Å². The Morgan fingerprint density at radius 2 is 1.82 bits per heavy atom. The van der Waals surface area contributed by atoms with E-state index in [1.165, 1.54) is 4.88 Å². The first-order valence-electron chi connectivity index (χ1n) is 10.0. The van der Waals surface area contributed by atoms with Gasteiger partial charge < -0.3 is 15.1 Å². The number of fused-ring (bicyclic) bond motifs is 1. The van der Waals surface area contributed by atoms with Crippen molar-refractivity contribution in [3.05, 3.63) is 51.9 Å². The minimum Gasteiger partial charge on any atom is -0.336 e. The number of piperazine rings is 1. The van der Waals surface area contributed by atoms with Crippen molar-refractivity contribution < 1.29 is 9.59 Å². The number of amides is 2. The van der Waals surface area contributed by atoms with Crippen molar-refractivity contribution in [2.45, 2.75) is 26.2 Å². The molecule has 0 radical (unpaired) electrons. The van der Waals surface area contributed by atoms with Gasteiger partial charge in [0.1, 0.15) is 5.00 Å². The lowest BCUT2D eigenvalue weighted by Crippen LogP contribution is -2.47. The Balaban J connectivity index is 1.65. The second-order valence-electron chi connectivity index (χ2n) is 7.97. The molecule has 2 heterocycles. The zero-order chi connectivity index (χ0) is 19.7. The number of hydrogen-bond donors (Lipinski definition) is 1. The van der Waals surface area contributed by atoms with Crippen LogP contribution in [-0.2, 0) is 12.8 Å². The highest BCUT2D eigenvalue weighted by Gasteiger charge is 2.31. The second kappa shape index (κ2) is 8.05. The van der Waals surface area contributed by atoms with E-state index in [0.29, 0.717) is 11.5 Å². The molecule has 0 spiro atoms. The van der Waals surface area contributed by atoms with Crippen LogP contribution in [0.15, 0.2) is 30.3 Å². The largest absolute Gasteiger partial charge is 0.336 e. The number of thiophene rings is 1. The molecule has 2 amide bonds. The molecule has 1 aliphatic heterocycles. The van der Waals surface area contributed by atoms with Crippen LogP contribution in [0.4, 0.5) is 5.00 Å². The topological polar surface area (TPSA) is 52.7 Å². The number of rotatable bonds is 3. The van der Waals surface area contributed by atoms with Crippen LogP contribution in [-0.4, -0.2) is 54.8 Å². The van der Waals surface area contributed by atoms with Gasteiger partial charge in [0, 0.05) is 36.6 Å². The molecule has 1 aromatic heterocycles. The number of hydrogen-bond acceptors (Lipinski definition) is 4. The van der Waals surface area contributed by atoms with E-state index >= 15 is 0 Å². The summed E-state index contributed by atoms with van der Waals surface area (Å²) in [7, 11) is 2.08. The Morgan fingerprint density at radius 1 is 1.11 bits per heavy atom. The summed E-state index contributed by atoms with van der Waals surface area (Å²) in [4.78, 5) is 31.6. The fourth-order valence-electron chi connectivity index (χ4n) is 4.00. The summed E-state index contributed by atoms with van der Waals surface area (Å²) >= 11 is 1.59. The van der Waals surface area contributed by atoms with Crippen LogP contribution in [0.5, 0.6) is 0 Å².